The lowest BCUT2D eigenvalue weighted by molar-refractivity contribution is 0.416. The Kier molecular flexibility index (Phi) is 3.37. The lowest BCUT2D eigenvalue weighted by Crippen LogP contribution is -2.17. The van der Waals surface area contributed by atoms with Gasteiger partial charge in [-0.15, -0.1) is 16.7 Å². The molecule has 1 saturated carbocycles. The van der Waals surface area contributed by atoms with Crippen molar-refractivity contribution >= 4 is 17.4 Å². The van der Waals surface area contributed by atoms with Crippen LogP contribution in [0.25, 0.3) is 0 Å². The molecule has 1 heterocycles. The van der Waals surface area contributed by atoms with Crippen LogP contribution in [-0.4, -0.2) is 17.3 Å². The van der Waals surface area contributed by atoms with Gasteiger partial charge >= 0.3 is 0 Å². The molecule has 0 aromatic heterocycles. The summed E-state index contributed by atoms with van der Waals surface area (Å²) in [6.45, 7) is 1.19. The molecule has 1 fully saturated rings. The summed E-state index contributed by atoms with van der Waals surface area (Å²) in [5, 5.41) is 2.91. The largest absolute Gasteiger partial charge is 0.367 e. The van der Waals surface area contributed by atoms with E-state index in [1.165, 1.54) is 30.7 Å². The highest BCUT2D eigenvalue weighted by Crippen LogP contribution is 2.37. The standard InChI is InChI=1S/C14H16N2OS/c17-15-13-4-6-14(7-5-13)18-10-16-8-11-2-1-3-12(11)9-16/h4-8,12H,1-3,9-10H2. The fourth-order valence-electron chi connectivity index (χ4n) is 2.74. The smallest absolute Gasteiger partial charge is 0.108 e. The number of thioether (sulfide) groups is 1. The first kappa shape index (κ1) is 11.8. The van der Waals surface area contributed by atoms with Crippen LogP contribution in [0.15, 0.2) is 46.1 Å². The van der Waals surface area contributed by atoms with Crippen molar-refractivity contribution in [3.05, 3.63) is 40.9 Å². The normalized spacial score (nSPS) is 21.9. The van der Waals surface area contributed by atoms with E-state index in [1.807, 2.05) is 23.9 Å². The highest BCUT2D eigenvalue weighted by molar-refractivity contribution is 7.99. The summed E-state index contributed by atoms with van der Waals surface area (Å²) < 4.78 is 0. The van der Waals surface area contributed by atoms with Gasteiger partial charge in [0.1, 0.15) is 5.69 Å². The van der Waals surface area contributed by atoms with Gasteiger partial charge in [0.15, 0.2) is 0 Å². The number of fused-ring (bicyclic) bond motifs is 1. The zero-order valence-electron chi connectivity index (χ0n) is 10.2. The third-order valence-electron chi connectivity index (χ3n) is 3.68. The van der Waals surface area contributed by atoms with Gasteiger partial charge in [0.05, 0.1) is 5.88 Å². The number of benzene rings is 1. The zero-order chi connectivity index (χ0) is 12.4. The molecule has 1 aromatic carbocycles. The van der Waals surface area contributed by atoms with E-state index < -0.39 is 0 Å². The molecule has 94 valence electrons. The first-order chi connectivity index (χ1) is 8.85. The Morgan fingerprint density at radius 3 is 2.89 bits per heavy atom. The van der Waals surface area contributed by atoms with E-state index in [0.717, 1.165) is 11.8 Å². The van der Waals surface area contributed by atoms with Crippen LogP contribution in [0, 0.1) is 10.8 Å². The first-order valence-electron chi connectivity index (χ1n) is 6.36. The van der Waals surface area contributed by atoms with E-state index in [4.69, 9.17) is 0 Å². The van der Waals surface area contributed by atoms with E-state index >= 15 is 0 Å². The van der Waals surface area contributed by atoms with Crippen LogP contribution >= 0.6 is 11.8 Å². The van der Waals surface area contributed by atoms with Gasteiger partial charge in [0.25, 0.3) is 0 Å². The van der Waals surface area contributed by atoms with Crippen molar-refractivity contribution in [2.75, 3.05) is 12.4 Å². The third kappa shape index (κ3) is 2.43. The van der Waals surface area contributed by atoms with Crippen LogP contribution < -0.4 is 0 Å². The third-order valence-corrected chi connectivity index (χ3v) is 4.75. The topological polar surface area (TPSA) is 32.7 Å². The predicted molar refractivity (Wildman–Crippen MR) is 74.8 cm³/mol. The van der Waals surface area contributed by atoms with E-state index in [2.05, 4.69) is 16.3 Å². The van der Waals surface area contributed by atoms with Gasteiger partial charge in [-0.05, 0) is 66.4 Å². The summed E-state index contributed by atoms with van der Waals surface area (Å²) in [6.07, 6.45) is 6.39. The lowest BCUT2D eigenvalue weighted by atomic mass is 10.1. The van der Waals surface area contributed by atoms with Crippen LogP contribution in [0.4, 0.5) is 5.69 Å². The summed E-state index contributed by atoms with van der Waals surface area (Å²) in [5.41, 5.74) is 2.15. The molecule has 1 aliphatic heterocycles. The van der Waals surface area contributed by atoms with E-state index in [0.29, 0.717) is 5.69 Å². The Hall–Kier alpha value is -1.29. The SMILES string of the molecule is O=Nc1ccc(SCN2C=C3CCCC3C2)cc1. The van der Waals surface area contributed by atoms with E-state index in [-0.39, 0.29) is 0 Å². The Morgan fingerprint density at radius 1 is 1.33 bits per heavy atom. The van der Waals surface area contributed by atoms with Gasteiger partial charge in [0.2, 0.25) is 0 Å². The molecular formula is C14H16N2OS. The maximum Gasteiger partial charge on any atom is 0.108 e. The van der Waals surface area contributed by atoms with Crippen LogP contribution in [0.3, 0.4) is 0 Å². The summed E-state index contributed by atoms with van der Waals surface area (Å²) in [7, 11) is 0. The number of rotatable bonds is 4. The molecule has 0 spiro atoms. The van der Waals surface area contributed by atoms with Crippen molar-refractivity contribution in [2.24, 2.45) is 11.1 Å². The molecule has 0 saturated heterocycles. The summed E-state index contributed by atoms with van der Waals surface area (Å²) in [6, 6.07) is 7.47. The van der Waals surface area contributed by atoms with E-state index in [1.54, 1.807) is 17.7 Å². The van der Waals surface area contributed by atoms with Crippen molar-refractivity contribution in [3.63, 3.8) is 0 Å². The number of hydrogen-bond donors (Lipinski definition) is 0. The molecule has 4 heteroatoms. The molecule has 0 bridgehead atoms. The van der Waals surface area contributed by atoms with E-state index in [9.17, 15) is 4.91 Å². The Balaban J connectivity index is 1.55. The second kappa shape index (κ2) is 5.14. The minimum absolute atomic E-state index is 0.497. The second-order valence-electron chi connectivity index (χ2n) is 4.92. The molecule has 1 atom stereocenters. The predicted octanol–water partition coefficient (Wildman–Crippen LogP) is 4.13. The van der Waals surface area contributed by atoms with Crippen LogP contribution in [-0.2, 0) is 0 Å². The summed E-state index contributed by atoms with van der Waals surface area (Å²) in [4.78, 5) is 13.9. The Morgan fingerprint density at radius 2 is 2.17 bits per heavy atom. The number of hydrogen-bond acceptors (Lipinski definition) is 4. The molecule has 0 N–H and O–H groups in total. The Labute approximate surface area is 111 Å². The zero-order valence-corrected chi connectivity index (χ0v) is 11.0. The van der Waals surface area contributed by atoms with Gasteiger partial charge in [-0.3, -0.25) is 0 Å². The first-order valence-corrected chi connectivity index (χ1v) is 7.34. The maximum absolute atomic E-state index is 10.3. The van der Waals surface area contributed by atoms with Gasteiger partial charge in [-0.2, -0.15) is 0 Å². The quantitative estimate of drug-likeness (QED) is 0.602. The summed E-state index contributed by atoms with van der Waals surface area (Å²) >= 11 is 1.81. The molecule has 1 aliphatic carbocycles. The fourth-order valence-corrected chi connectivity index (χ4v) is 3.56. The molecule has 1 aromatic rings. The lowest BCUT2D eigenvalue weighted by Gasteiger charge is -2.16. The van der Waals surface area contributed by atoms with Crippen molar-refractivity contribution in [3.8, 4) is 0 Å². The molecular weight excluding hydrogens is 244 g/mol. The minimum Gasteiger partial charge on any atom is -0.367 e. The average molecular weight is 260 g/mol. The van der Waals surface area contributed by atoms with Crippen LogP contribution in [0.5, 0.6) is 0 Å². The van der Waals surface area contributed by atoms with Gasteiger partial charge < -0.3 is 4.90 Å². The minimum atomic E-state index is 0.497. The molecule has 0 amide bonds. The molecule has 1 unspecified atom stereocenters. The molecule has 2 aliphatic rings. The maximum atomic E-state index is 10.3. The molecule has 0 radical (unpaired) electrons. The van der Waals surface area contributed by atoms with Crippen LogP contribution in [0.2, 0.25) is 0 Å². The van der Waals surface area contributed by atoms with Crippen LogP contribution in [0.1, 0.15) is 19.3 Å². The van der Waals surface area contributed by atoms with Gasteiger partial charge in [0, 0.05) is 11.4 Å². The number of nitroso groups, excluding NO2 is 1. The summed E-state index contributed by atoms with van der Waals surface area (Å²) in [5.74, 6) is 1.82. The monoisotopic (exact) mass is 260 g/mol. The van der Waals surface area contributed by atoms with Gasteiger partial charge in [-0.1, -0.05) is 0 Å². The highest BCUT2D eigenvalue weighted by Gasteiger charge is 2.27. The van der Waals surface area contributed by atoms with Crippen molar-refractivity contribution in [1.29, 1.82) is 0 Å². The fraction of sp³-hybridized carbons (Fsp3) is 0.429. The Bertz CT molecular complexity index is 469. The molecule has 3 rings (SSSR count). The highest BCUT2D eigenvalue weighted by atomic mass is 32.2. The van der Waals surface area contributed by atoms with Crippen molar-refractivity contribution in [1.82, 2.24) is 4.90 Å². The second-order valence-corrected chi connectivity index (χ2v) is 5.94. The average Bonchev–Trinajstić information content (AvgIpc) is 2.97. The molecule has 3 nitrogen and oxygen atoms in total. The number of nitrogens with zero attached hydrogens (tertiary/aromatic N) is 2. The van der Waals surface area contributed by atoms with Crippen molar-refractivity contribution < 1.29 is 0 Å². The van der Waals surface area contributed by atoms with Crippen molar-refractivity contribution in [2.45, 2.75) is 24.2 Å². The molecule has 18 heavy (non-hydrogen) atoms. The van der Waals surface area contributed by atoms with Gasteiger partial charge in [-0.25, -0.2) is 0 Å².